The third kappa shape index (κ3) is 5.36. The number of hydrogen-bond donors (Lipinski definition) is 0. The maximum atomic E-state index is 13.3. The van der Waals surface area contributed by atoms with E-state index < -0.39 is 10.0 Å². The summed E-state index contributed by atoms with van der Waals surface area (Å²) in [6.45, 7) is 3.49. The van der Waals surface area contributed by atoms with Crippen LogP contribution in [-0.4, -0.2) is 56.8 Å². The summed E-state index contributed by atoms with van der Waals surface area (Å²) in [4.78, 5) is 17.3. The van der Waals surface area contributed by atoms with Crippen LogP contribution >= 0.6 is 11.6 Å². The van der Waals surface area contributed by atoms with E-state index in [9.17, 15) is 13.2 Å². The lowest BCUT2D eigenvalue weighted by Gasteiger charge is -2.25. The molecule has 2 heterocycles. The Morgan fingerprint density at radius 3 is 2.27 bits per heavy atom. The van der Waals surface area contributed by atoms with Crippen molar-refractivity contribution in [2.45, 2.75) is 50.0 Å². The van der Waals surface area contributed by atoms with E-state index in [-0.39, 0.29) is 15.8 Å². The molecule has 1 amide bonds. The Kier molecular flexibility index (Phi) is 7.62. The number of halogens is 1. The molecule has 6 nitrogen and oxygen atoms in total. The van der Waals surface area contributed by atoms with Crippen molar-refractivity contribution in [2.75, 3.05) is 38.1 Å². The first kappa shape index (κ1) is 24.0. The van der Waals surface area contributed by atoms with Gasteiger partial charge in [0.2, 0.25) is 10.0 Å². The monoisotopic (exact) mass is 489 g/mol. The average molecular weight is 490 g/mol. The molecule has 0 saturated carbocycles. The molecule has 2 aromatic carbocycles. The van der Waals surface area contributed by atoms with Gasteiger partial charge in [-0.15, -0.1) is 0 Å². The Morgan fingerprint density at radius 2 is 1.58 bits per heavy atom. The van der Waals surface area contributed by atoms with E-state index in [1.54, 1.807) is 18.0 Å². The van der Waals surface area contributed by atoms with Crippen LogP contribution in [-0.2, 0) is 16.6 Å². The fraction of sp³-hybridized carbons (Fsp3) is 0.480. The maximum absolute atomic E-state index is 13.3. The molecule has 0 atom stereocenters. The Morgan fingerprint density at radius 1 is 0.939 bits per heavy atom. The van der Waals surface area contributed by atoms with Gasteiger partial charge in [0, 0.05) is 51.0 Å². The number of anilines is 1. The van der Waals surface area contributed by atoms with Gasteiger partial charge in [-0.25, -0.2) is 8.42 Å². The molecule has 2 fully saturated rings. The van der Waals surface area contributed by atoms with Crippen LogP contribution in [0.5, 0.6) is 0 Å². The number of carbonyl (C=O) groups excluding carboxylic acids is 1. The summed E-state index contributed by atoms with van der Waals surface area (Å²) in [5.74, 6) is -0.227. The Bertz CT molecular complexity index is 1090. The number of sulfonamides is 1. The summed E-state index contributed by atoms with van der Waals surface area (Å²) in [7, 11) is -2.00. The molecule has 33 heavy (non-hydrogen) atoms. The number of amides is 1. The molecule has 0 unspecified atom stereocenters. The van der Waals surface area contributed by atoms with Gasteiger partial charge >= 0.3 is 0 Å². The summed E-state index contributed by atoms with van der Waals surface area (Å²) < 4.78 is 28.1. The highest BCUT2D eigenvalue weighted by atomic mass is 35.5. The molecule has 0 aliphatic carbocycles. The van der Waals surface area contributed by atoms with E-state index in [4.69, 9.17) is 11.6 Å². The largest absolute Gasteiger partial charge is 0.371 e. The third-order valence-electron chi connectivity index (χ3n) is 6.55. The molecule has 0 radical (unpaired) electrons. The summed E-state index contributed by atoms with van der Waals surface area (Å²) in [6.07, 6.45) is 6.11. The van der Waals surface area contributed by atoms with Gasteiger partial charge in [0.25, 0.3) is 5.91 Å². The molecule has 178 valence electrons. The molecule has 4 rings (SSSR count). The van der Waals surface area contributed by atoms with Crippen LogP contribution in [0.4, 0.5) is 5.69 Å². The first-order valence-corrected chi connectivity index (χ1v) is 13.6. The normalized spacial score (nSPS) is 17.7. The smallest absolute Gasteiger partial charge is 0.253 e. The van der Waals surface area contributed by atoms with Gasteiger partial charge in [-0.05, 0) is 55.5 Å². The van der Waals surface area contributed by atoms with Crippen molar-refractivity contribution in [3.05, 3.63) is 58.6 Å². The van der Waals surface area contributed by atoms with Crippen LogP contribution < -0.4 is 4.90 Å². The van der Waals surface area contributed by atoms with Gasteiger partial charge in [-0.1, -0.05) is 42.6 Å². The maximum Gasteiger partial charge on any atom is 0.253 e. The molecule has 2 aliphatic heterocycles. The minimum Gasteiger partial charge on any atom is -0.371 e. The topological polar surface area (TPSA) is 60.9 Å². The van der Waals surface area contributed by atoms with Crippen LogP contribution in [0.3, 0.4) is 0 Å². The minimum atomic E-state index is -3.75. The molecule has 0 N–H and O–H groups in total. The second-order valence-electron chi connectivity index (χ2n) is 8.95. The second kappa shape index (κ2) is 10.5. The highest BCUT2D eigenvalue weighted by Crippen LogP contribution is 2.29. The molecule has 2 aromatic rings. The van der Waals surface area contributed by atoms with Crippen LogP contribution in [0, 0.1) is 0 Å². The Hall–Kier alpha value is -2.09. The fourth-order valence-corrected chi connectivity index (χ4v) is 6.73. The number of rotatable bonds is 6. The molecule has 2 aliphatic rings. The van der Waals surface area contributed by atoms with E-state index in [1.807, 2.05) is 12.1 Å². The van der Waals surface area contributed by atoms with E-state index in [0.717, 1.165) is 50.0 Å². The van der Waals surface area contributed by atoms with E-state index >= 15 is 0 Å². The van der Waals surface area contributed by atoms with E-state index in [2.05, 4.69) is 17.0 Å². The SMILES string of the molecule is CN(Cc1ccccc1N1CCCC1)C(=O)c1ccc(Cl)c(S(=O)(=O)N2CCCCCC2)c1. The van der Waals surface area contributed by atoms with E-state index in [1.165, 1.54) is 29.3 Å². The number of hydrogen-bond acceptors (Lipinski definition) is 4. The molecule has 0 aromatic heterocycles. The zero-order valence-corrected chi connectivity index (χ0v) is 20.7. The molecular weight excluding hydrogens is 458 g/mol. The lowest BCUT2D eigenvalue weighted by Crippen LogP contribution is -2.32. The quantitative estimate of drug-likeness (QED) is 0.586. The third-order valence-corrected chi connectivity index (χ3v) is 8.93. The standard InChI is InChI=1S/C25H32ClN3O3S/c1-27(19-21-10-4-5-11-23(21)28-14-8-9-15-28)25(30)20-12-13-22(26)24(18-20)33(31,32)29-16-6-2-3-7-17-29/h4-5,10-13,18H,2-3,6-9,14-17,19H2,1H3. The zero-order valence-electron chi connectivity index (χ0n) is 19.2. The first-order valence-electron chi connectivity index (χ1n) is 11.8. The van der Waals surface area contributed by atoms with Crippen molar-refractivity contribution in [1.82, 2.24) is 9.21 Å². The summed E-state index contributed by atoms with van der Waals surface area (Å²) in [5, 5.41) is 0.151. The number of nitrogens with zero attached hydrogens (tertiary/aromatic N) is 3. The number of para-hydroxylation sites is 1. The lowest BCUT2D eigenvalue weighted by atomic mass is 10.1. The van der Waals surface area contributed by atoms with E-state index in [0.29, 0.717) is 25.2 Å². The lowest BCUT2D eigenvalue weighted by molar-refractivity contribution is 0.0785. The highest BCUT2D eigenvalue weighted by molar-refractivity contribution is 7.89. The molecule has 0 bridgehead atoms. The predicted octanol–water partition coefficient (Wildman–Crippen LogP) is 4.78. The van der Waals surface area contributed by atoms with Gasteiger partial charge in [0.15, 0.2) is 0 Å². The van der Waals surface area contributed by atoms with Crippen molar-refractivity contribution in [3.8, 4) is 0 Å². The van der Waals surface area contributed by atoms with Crippen LogP contribution in [0.1, 0.15) is 54.4 Å². The van der Waals surface area contributed by atoms with Crippen LogP contribution in [0.2, 0.25) is 5.02 Å². The zero-order chi connectivity index (χ0) is 23.4. The van der Waals surface area contributed by atoms with Gasteiger partial charge in [-0.3, -0.25) is 4.79 Å². The number of carbonyl (C=O) groups is 1. The summed E-state index contributed by atoms with van der Waals surface area (Å²) >= 11 is 6.31. The van der Waals surface area contributed by atoms with Crippen LogP contribution in [0.25, 0.3) is 0 Å². The molecule has 2 saturated heterocycles. The van der Waals surface area contributed by atoms with Crippen molar-refractivity contribution in [3.63, 3.8) is 0 Å². The summed E-state index contributed by atoms with van der Waals surface area (Å²) in [5.41, 5.74) is 2.57. The van der Waals surface area contributed by atoms with Crippen molar-refractivity contribution in [2.24, 2.45) is 0 Å². The highest BCUT2D eigenvalue weighted by Gasteiger charge is 2.29. The van der Waals surface area contributed by atoms with Gasteiger partial charge in [-0.2, -0.15) is 4.31 Å². The summed E-state index contributed by atoms with van der Waals surface area (Å²) in [6, 6.07) is 12.7. The Balaban J connectivity index is 1.56. The van der Waals surface area contributed by atoms with Crippen molar-refractivity contribution in [1.29, 1.82) is 0 Å². The van der Waals surface area contributed by atoms with Gasteiger partial charge in [0.05, 0.1) is 5.02 Å². The molecular formula is C25H32ClN3O3S. The van der Waals surface area contributed by atoms with Crippen LogP contribution in [0.15, 0.2) is 47.4 Å². The van der Waals surface area contributed by atoms with Gasteiger partial charge in [0.1, 0.15) is 4.90 Å². The van der Waals surface area contributed by atoms with Crippen molar-refractivity contribution >= 4 is 33.2 Å². The second-order valence-corrected chi connectivity index (χ2v) is 11.3. The van der Waals surface area contributed by atoms with Crippen molar-refractivity contribution < 1.29 is 13.2 Å². The predicted molar refractivity (Wildman–Crippen MR) is 132 cm³/mol. The minimum absolute atomic E-state index is 0.0165. The Labute approximate surface area is 202 Å². The van der Waals surface area contributed by atoms with Gasteiger partial charge < -0.3 is 9.80 Å². The first-order chi connectivity index (χ1) is 15.9. The fourth-order valence-electron chi connectivity index (χ4n) is 4.71. The molecule has 0 spiro atoms. The number of benzene rings is 2. The average Bonchev–Trinajstić information content (AvgIpc) is 3.20. The molecule has 8 heteroatoms.